The van der Waals surface area contributed by atoms with Gasteiger partial charge in [0.05, 0.1) is 23.2 Å². The number of carbonyl (C=O) groups is 2. The summed E-state index contributed by atoms with van der Waals surface area (Å²) in [6, 6.07) is 9.96. The van der Waals surface area contributed by atoms with Crippen LogP contribution in [0.2, 0.25) is 0 Å². The van der Waals surface area contributed by atoms with Crippen LogP contribution in [0.25, 0.3) is 11.1 Å². The number of hydrogen-bond donors (Lipinski definition) is 0. The van der Waals surface area contributed by atoms with Crippen molar-refractivity contribution in [1.82, 2.24) is 15.0 Å². The average Bonchev–Trinajstić information content (AvgIpc) is 3.18. The highest BCUT2D eigenvalue weighted by Crippen LogP contribution is 2.52. The number of aromatic nitrogens is 2. The first-order valence-corrected chi connectivity index (χ1v) is 10.5. The molecule has 6 rings (SSSR count). The van der Waals surface area contributed by atoms with Crippen molar-refractivity contribution in [3.05, 3.63) is 71.4 Å². The van der Waals surface area contributed by atoms with Crippen LogP contribution in [-0.2, 0) is 20.5 Å². The standard InChI is InChI=1S/C24H21N3O4/c1-15-19(13-30-26-15)16-2-4-17(5-3-16)23(7-8-23)22(29)27-11-9-24(14-27)20-6-10-25-12-18(20)21(28)31-24/h2-6,10,12-13H,7-9,11,14H2,1H3. The van der Waals surface area contributed by atoms with E-state index in [4.69, 9.17) is 9.26 Å². The number of hydrogen-bond acceptors (Lipinski definition) is 6. The van der Waals surface area contributed by atoms with Crippen molar-refractivity contribution in [1.29, 1.82) is 0 Å². The van der Waals surface area contributed by atoms with Crippen molar-refractivity contribution < 1.29 is 18.8 Å². The Hall–Kier alpha value is -3.48. The Morgan fingerprint density at radius 3 is 2.61 bits per heavy atom. The average molecular weight is 415 g/mol. The van der Waals surface area contributed by atoms with E-state index in [9.17, 15) is 9.59 Å². The molecule has 1 saturated heterocycles. The maximum atomic E-state index is 13.6. The van der Waals surface area contributed by atoms with E-state index in [2.05, 4.69) is 10.1 Å². The van der Waals surface area contributed by atoms with Crippen LogP contribution in [-0.4, -0.2) is 40.0 Å². The van der Waals surface area contributed by atoms with Gasteiger partial charge in [-0.05, 0) is 37.0 Å². The van der Waals surface area contributed by atoms with E-state index in [1.54, 1.807) is 18.7 Å². The van der Waals surface area contributed by atoms with Gasteiger partial charge in [-0.1, -0.05) is 29.4 Å². The molecule has 1 atom stereocenters. The lowest BCUT2D eigenvalue weighted by molar-refractivity contribution is -0.134. The van der Waals surface area contributed by atoms with Crippen molar-refractivity contribution in [2.75, 3.05) is 13.1 Å². The third kappa shape index (κ3) is 2.59. The molecule has 1 amide bonds. The van der Waals surface area contributed by atoms with Gasteiger partial charge in [0.15, 0.2) is 5.60 Å². The molecule has 7 heteroatoms. The first kappa shape index (κ1) is 18.3. The van der Waals surface area contributed by atoms with Crippen LogP contribution in [0.1, 0.15) is 46.4 Å². The number of esters is 1. The Labute approximate surface area is 179 Å². The SMILES string of the molecule is Cc1nocc1-c1ccc(C2(C(=O)N3CCC4(C3)OC(=O)c3cnccc34)CC2)cc1. The molecule has 2 aliphatic heterocycles. The van der Waals surface area contributed by atoms with E-state index in [0.717, 1.165) is 40.8 Å². The van der Waals surface area contributed by atoms with Crippen LogP contribution in [0, 0.1) is 6.92 Å². The highest BCUT2D eigenvalue weighted by atomic mass is 16.6. The van der Waals surface area contributed by atoms with Gasteiger partial charge in [0, 0.05) is 36.5 Å². The summed E-state index contributed by atoms with van der Waals surface area (Å²) < 4.78 is 10.8. The monoisotopic (exact) mass is 415 g/mol. The van der Waals surface area contributed by atoms with Gasteiger partial charge in [-0.2, -0.15) is 0 Å². The van der Waals surface area contributed by atoms with Gasteiger partial charge in [-0.15, -0.1) is 0 Å². The number of pyridine rings is 1. The molecule has 7 nitrogen and oxygen atoms in total. The zero-order valence-corrected chi connectivity index (χ0v) is 17.1. The summed E-state index contributed by atoms with van der Waals surface area (Å²) in [7, 11) is 0. The molecule has 1 spiro atoms. The minimum atomic E-state index is -0.739. The summed E-state index contributed by atoms with van der Waals surface area (Å²) in [6.45, 7) is 2.88. The molecule has 4 heterocycles. The van der Waals surface area contributed by atoms with E-state index in [1.165, 1.54) is 0 Å². The van der Waals surface area contributed by atoms with Gasteiger partial charge in [0.2, 0.25) is 5.91 Å². The number of ether oxygens (including phenoxy) is 1. The Morgan fingerprint density at radius 1 is 1.10 bits per heavy atom. The molecular formula is C24H21N3O4. The van der Waals surface area contributed by atoms with Crippen molar-refractivity contribution in [2.45, 2.75) is 37.2 Å². The molecule has 1 aromatic carbocycles. The minimum absolute atomic E-state index is 0.122. The van der Waals surface area contributed by atoms with Gasteiger partial charge in [0.1, 0.15) is 6.26 Å². The summed E-state index contributed by atoms with van der Waals surface area (Å²) in [6.07, 6.45) is 7.15. The lowest BCUT2D eigenvalue weighted by Gasteiger charge is -2.27. The number of rotatable bonds is 3. The number of benzene rings is 1. The maximum absolute atomic E-state index is 13.6. The minimum Gasteiger partial charge on any atom is -0.449 e. The fourth-order valence-corrected chi connectivity index (χ4v) is 5.09. The lowest BCUT2D eigenvalue weighted by atomic mass is 9.91. The van der Waals surface area contributed by atoms with Crippen LogP contribution < -0.4 is 0 Å². The fraction of sp³-hybridized carbons (Fsp3) is 0.333. The number of nitrogens with zero attached hydrogens (tertiary/aromatic N) is 3. The molecular weight excluding hydrogens is 394 g/mol. The molecule has 0 bridgehead atoms. The molecule has 156 valence electrons. The summed E-state index contributed by atoms with van der Waals surface area (Å²) in [5.74, 6) is -0.227. The van der Waals surface area contributed by atoms with Crippen molar-refractivity contribution >= 4 is 11.9 Å². The predicted octanol–water partition coefficient (Wildman–Crippen LogP) is 3.37. The number of aryl methyl sites for hydroxylation is 1. The zero-order valence-electron chi connectivity index (χ0n) is 17.1. The smallest absolute Gasteiger partial charge is 0.341 e. The van der Waals surface area contributed by atoms with E-state index in [-0.39, 0.29) is 11.9 Å². The topological polar surface area (TPSA) is 85.5 Å². The van der Waals surface area contributed by atoms with Gasteiger partial charge in [-0.25, -0.2) is 4.79 Å². The Bertz CT molecular complexity index is 1210. The second kappa shape index (κ2) is 6.26. The van der Waals surface area contributed by atoms with E-state index < -0.39 is 11.0 Å². The summed E-state index contributed by atoms with van der Waals surface area (Å²) in [4.78, 5) is 31.8. The van der Waals surface area contributed by atoms with Crippen LogP contribution in [0.5, 0.6) is 0 Å². The van der Waals surface area contributed by atoms with Crippen LogP contribution in [0.3, 0.4) is 0 Å². The van der Waals surface area contributed by atoms with E-state index >= 15 is 0 Å². The second-order valence-corrected chi connectivity index (χ2v) is 8.75. The number of carbonyl (C=O) groups excluding carboxylic acids is 2. The van der Waals surface area contributed by atoms with E-state index in [1.807, 2.05) is 42.2 Å². The van der Waals surface area contributed by atoms with Crippen LogP contribution in [0.15, 0.2) is 53.5 Å². The van der Waals surface area contributed by atoms with Gasteiger partial charge < -0.3 is 14.2 Å². The van der Waals surface area contributed by atoms with Crippen molar-refractivity contribution in [2.24, 2.45) is 0 Å². The van der Waals surface area contributed by atoms with Gasteiger partial charge in [0.25, 0.3) is 0 Å². The molecule has 3 aliphatic rings. The molecule has 0 radical (unpaired) electrons. The third-order valence-corrected chi connectivity index (χ3v) is 7.00. The largest absolute Gasteiger partial charge is 0.449 e. The number of fused-ring (bicyclic) bond motifs is 2. The number of likely N-dealkylation sites (tertiary alicyclic amines) is 1. The fourth-order valence-electron chi connectivity index (χ4n) is 5.09. The third-order valence-electron chi connectivity index (χ3n) is 7.00. The first-order chi connectivity index (χ1) is 15.0. The summed E-state index contributed by atoms with van der Waals surface area (Å²) in [5.41, 5.74) is 4.00. The molecule has 1 aliphatic carbocycles. The van der Waals surface area contributed by atoms with E-state index in [0.29, 0.717) is 25.1 Å². The molecule has 1 unspecified atom stereocenters. The Morgan fingerprint density at radius 2 is 1.90 bits per heavy atom. The quantitative estimate of drug-likeness (QED) is 0.610. The van der Waals surface area contributed by atoms with Gasteiger partial charge in [-0.3, -0.25) is 9.78 Å². The highest BCUT2D eigenvalue weighted by molar-refractivity contribution is 5.95. The maximum Gasteiger partial charge on any atom is 0.341 e. The van der Waals surface area contributed by atoms with Gasteiger partial charge >= 0.3 is 5.97 Å². The normalized spacial score (nSPS) is 23.1. The van der Waals surface area contributed by atoms with Crippen molar-refractivity contribution in [3.63, 3.8) is 0 Å². The molecule has 3 aromatic rings. The highest BCUT2D eigenvalue weighted by Gasteiger charge is 2.57. The zero-order chi connectivity index (χ0) is 21.2. The molecule has 1 saturated carbocycles. The molecule has 31 heavy (non-hydrogen) atoms. The van der Waals surface area contributed by atoms with Crippen molar-refractivity contribution in [3.8, 4) is 11.1 Å². The van der Waals surface area contributed by atoms with Crippen LogP contribution >= 0.6 is 0 Å². The Kier molecular flexibility index (Phi) is 3.70. The second-order valence-electron chi connectivity index (χ2n) is 8.75. The number of amides is 1. The first-order valence-electron chi connectivity index (χ1n) is 10.5. The summed E-state index contributed by atoms with van der Waals surface area (Å²) in [5, 5.41) is 3.94. The molecule has 2 aromatic heterocycles. The predicted molar refractivity (Wildman–Crippen MR) is 110 cm³/mol. The lowest BCUT2D eigenvalue weighted by Crippen LogP contribution is -2.40. The van der Waals surface area contributed by atoms with Crippen LogP contribution in [0.4, 0.5) is 0 Å². The molecule has 2 fully saturated rings. The summed E-state index contributed by atoms with van der Waals surface area (Å²) >= 11 is 0. The Balaban J connectivity index is 1.25. The molecule has 0 N–H and O–H groups in total.